The van der Waals surface area contributed by atoms with Crippen molar-refractivity contribution >= 4 is 57.7 Å². The normalized spacial score (nSPS) is 14.1. The zero-order valence-corrected chi connectivity index (χ0v) is 15.5. The highest BCUT2D eigenvalue weighted by Crippen LogP contribution is 2.40. The van der Waals surface area contributed by atoms with Gasteiger partial charge in [0.05, 0.1) is 16.3 Å². The van der Waals surface area contributed by atoms with Crippen LogP contribution >= 0.6 is 22.9 Å². The molecule has 27 heavy (non-hydrogen) atoms. The minimum Gasteiger partial charge on any atom is -0.278 e. The molecule has 0 saturated carbocycles. The molecule has 0 unspecified atom stereocenters. The van der Waals surface area contributed by atoms with Crippen LogP contribution in [0, 0.1) is 0 Å². The van der Waals surface area contributed by atoms with Gasteiger partial charge in [0.1, 0.15) is 6.42 Å². The molecule has 2 heterocycles. The first-order chi connectivity index (χ1) is 13.1. The van der Waals surface area contributed by atoms with Gasteiger partial charge >= 0.3 is 0 Å². The second-order valence-electron chi connectivity index (χ2n) is 5.89. The minimum absolute atomic E-state index is 0.331. The summed E-state index contributed by atoms with van der Waals surface area (Å²) in [6.07, 6.45) is -0.418. The van der Waals surface area contributed by atoms with Gasteiger partial charge in [0, 0.05) is 10.7 Å². The van der Waals surface area contributed by atoms with E-state index in [1.165, 1.54) is 16.2 Å². The molecule has 0 N–H and O–H groups in total. The number of fused-ring (bicyclic) bond motifs is 1. The van der Waals surface area contributed by atoms with Crippen molar-refractivity contribution in [1.82, 2.24) is 0 Å². The molecule has 134 valence electrons. The second kappa shape index (κ2) is 6.98. The maximum absolute atomic E-state index is 13.0. The number of carbonyl (C=O) groups is 3. The number of amides is 3. The van der Waals surface area contributed by atoms with E-state index >= 15 is 0 Å². The van der Waals surface area contributed by atoms with E-state index in [9.17, 15) is 14.4 Å². The van der Waals surface area contributed by atoms with Crippen molar-refractivity contribution in [2.45, 2.75) is 6.42 Å². The molecule has 2 aromatic carbocycles. The van der Waals surface area contributed by atoms with Gasteiger partial charge in [-0.05, 0) is 41.8 Å². The predicted octanol–water partition coefficient (Wildman–Crippen LogP) is 4.64. The number of thiophene rings is 1. The average Bonchev–Trinajstić information content (AvgIpc) is 3.16. The SMILES string of the molecule is O=C1CC(=O)N(c2ccccc2)c2cc(Cl)ccc2N1C(=O)c1cccs1. The third-order valence-electron chi connectivity index (χ3n) is 4.17. The summed E-state index contributed by atoms with van der Waals surface area (Å²) in [4.78, 5) is 41.6. The maximum atomic E-state index is 13.0. The minimum atomic E-state index is -0.569. The number of carbonyl (C=O) groups excluding carboxylic acids is 3. The molecule has 0 saturated heterocycles. The van der Waals surface area contributed by atoms with E-state index in [0.29, 0.717) is 27.0 Å². The monoisotopic (exact) mass is 396 g/mol. The van der Waals surface area contributed by atoms with Crippen LogP contribution in [-0.4, -0.2) is 17.7 Å². The molecule has 3 aromatic rings. The lowest BCUT2D eigenvalue weighted by Crippen LogP contribution is -2.36. The first-order valence-corrected chi connectivity index (χ1v) is 9.40. The number of halogens is 1. The Bertz CT molecular complexity index is 1030. The summed E-state index contributed by atoms with van der Waals surface area (Å²) in [6, 6.07) is 17.1. The third kappa shape index (κ3) is 3.13. The van der Waals surface area contributed by atoms with Crippen LogP contribution in [0.2, 0.25) is 5.02 Å². The molecule has 7 heteroatoms. The van der Waals surface area contributed by atoms with Gasteiger partial charge in [0.25, 0.3) is 5.91 Å². The zero-order chi connectivity index (χ0) is 19.0. The topological polar surface area (TPSA) is 57.7 Å². The van der Waals surface area contributed by atoms with Gasteiger partial charge < -0.3 is 0 Å². The fourth-order valence-corrected chi connectivity index (χ4v) is 3.83. The van der Waals surface area contributed by atoms with Gasteiger partial charge in [-0.15, -0.1) is 11.3 Å². The first kappa shape index (κ1) is 17.5. The molecule has 0 fully saturated rings. The second-order valence-corrected chi connectivity index (χ2v) is 7.27. The third-order valence-corrected chi connectivity index (χ3v) is 5.26. The van der Waals surface area contributed by atoms with Gasteiger partial charge in [-0.2, -0.15) is 0 Å². The number of hydrogen-bond donors (Lipinski definition) is 0. The zero-order valence-electron chi connectivity index (χ0n) is 14.0. The summed E-state index contributed by atoms with van der Waals surface area (Å²) < 4.78 is 0. The molecule has 0 radical (unpaired) electrons. The van der Waals surface area contributed by atoms with Crippen LogP contribution in [0.1, 0.15) is 16.1 Å². The Kier molecular flexibility index (Phi) is 4.51. The Labute approximate surface area is 164 Å². The molecule has 3 amide bonds. The molecule has 1 aromatic heterocycles. The Hall–Kier alpha value is -2.96. The fourth-order valence-electron chi connectivity index (χ4n) is 3.01. The van der Waals surface area contributed by atoms with Crippen molar-refractivity contribution in [2.24, 2.45) is 0 Å². The molecule has 0 spiro atoms. The van der Waals surface area contributed by atoms with Gasteiger partial charge in [-0.25, -0.2) is 4.90 Å². The van der Waals surface area contributed by atoms with E-state index < -0.39 is 24.1 Å². The van der Waals surface area contributed by atoms with Crippen LogP contribution in [0.4, 0.5) is 17.1 Å². The van der Waals surface area contributed by atoms with E-state index in [-0.39, 0.29) is 0 Å². The lowest BCUT2D eigenvalue weighted by atomic mass is 10.2. The summed E-state index contributed by atoms with van der Waals surface area (Å²) in [7, 11) is 0. The number of imide groups is 1. The number of anilines is 3. The summed E-state index contributed by atoms with van der Waals surface area (Å²) in [5, 5.41) is 2.17. The highest BCUT2D eigenvalue weighted by molar-refractivity contribution is 7.12. The van der Waals surface area contributed by atoms with Crippen LogP contribution in [0.5, 0.6) is 0 Å². The number of para-hydroxylation sites is 1. The summed E-state index contributed by atoms with van der Waals surface area (Å²) in [5.41, 5.74) is 1.33. The van der Waals surface area contributed by atoms with E-state index in [1.807, 2.05) is 6.07 Å². The van der Waals surface area contributed by atoms with Crippen molar-refractivity contribution in [2.75, 3.05) is 9.80 Å². The largest absolute Gasteiger partial charge is 0.278 e. The Morgan fingerprint density at radius 3 is 2.41 bits per heavy atom. The maximum Gasteiger partial charge on any atom is 0.275 e. The molecule has 4 rings (SSSR count). The average molecular weight is 397 g/mol. The lowest BCUT2D eigenvalue weighted by Gasteiger charge is -2.24. The van der Waals surface area contributed by atoms with Crippen molar-refractivity contribution in [1.29, 1.82) is 0 Å². The van der Waals surface area contributed by atoms with Gasteiger partial charge in [0.2, 0.25) is 11.8 Å². The summed E-state index contributed by atoms with van der Waals surface area (Å²) in [6.45, 7) is 0. The van der Waals surface area contributed by atoms with Gasteiger partial charge in [-0.3, -0.25) is 19.3 Å². The molecule has 5 nitrogen and oxygen atoms in total. The predicted molar refractivity (Wildman–Crippen MR) is 106 cm³/mol. The highest BCUT2D eigenvalue weighted by Gasteiger charge is 2.36. The summed E-state index contributed by atoms with van der Waals surface area (Å²) in [5.74, 6) is -1.45. The number of rotatable bonds is 2. The van der Waals surface area contributed by atoms with Crippen LogP contribution in [0.3, 0.4) is 0 Å². The first-order valence-electron chi connectivity index (χ1n) is 8.14. The van der Waals surface area contributed by atoms with Gasteiger partial charge in [0.15, 0.2) is 0 Å². The van der Waals surface area contributed by atoms with Crippen molar-refractivity contribution in [3.05, 3.63) is 75.9 Å². The van der Waals surface area contributed by atoms with E-state index in [2.05, 4.69) is 0 Å². The Morgan fingerprint density at radius 1 is 0.926 bits per heavy atom. The molecule has 0 atom stereocenters. The fraction of sp³-hybridized carbons (Fsp3) is 0.0500. The standard InChI is InChI=1S/C20H13ClN2O3S/c21-13-8-9-15-16(11-13)22(14-5-2-1-3-6-14)18(24)12-19(25)23(15)20(26)17-7-4-10-27-17/h1-11H,12H2. The van der Waals surface area contributed by atoms with E-state index in [0.717, 1.165) is 4.90 Å². The molecule has 1 aliphatic rings. The van der Waals surface area contributed by atoms with Crippen LogP contribution in [-0.2, 0) is 9.59 Å². The Balaban J connectivity index is 1.92. The number of nitrogens with zero attached hydrogens (tertiary/aromatic N) is 2. The molecular formula is C20H13ClN2O3S. The van der Waals surface area contributed by atoms with Gasteiger partial charge in [-0.1, -0.05) is 35.9 Å². The van der Waals surface area contributed by atoms with Crippen LogP contribution in [0.25, 0.3) is 0 Å². The molecule has 1 aliphatic heterocycles. The Morgan fingerprint density at radius 2 is 1.70 bits per heavy atom. The number of benzene rings is 2. The van der Waals surface area contributed by atoms with Crippen LogP contribution in [0.15, 0.2) is 66.0 Å². The molecular weight excluding hydrogens is 384 g/mol. The highest BCUT2D eigenvalue weighted by atomic mass is 35.5. The lowest BCUT2D eigenvalue weighted by molar-refractivity contribution is -0.125. The summed E-state index contributed by atoms with van der Waals surface area (Å²) >= 11 is 7.41. The smallest absolute Gasteiger partial charge is 0.275 e. The van der Waals surface area contributed by atoms with Crippen molar-refractivity contribution in [3.8, 4) is 0 Å². The van der Waals surface area contributed by atoms with Crippen molar-refractivity contribution in [3.63, 3.8) is 0 Å². The van der Waals surface area contributed by atoms with E-state index in [4.69, 9.17) is 11.6 Å². The number of hydrogen-bond acceptors (Lipinski definition) is 4. The molecule has 0 bridgehead atoms. The molecule has 0 aliphatic carbocycles. The van der Waals surface area contributed by atoms with Crippen molar-refractivity contribution < 1.29 is 14.4 Å². The quantitative estimate of drug-likeness (QED) is 0.468. The van der Waals surface area contributed by atoms with Crippen LogP contribution < -0.4 is 9.80 Å². The van der Waals surface area contributed by atoms with E-state index in [1.54, 1.807) is 60.0 Å².